The van der Waals surface area contributed by atoms with Crippen molar-refractivity contribution >= 4 is 5.76 Å². The lowest BCUT2D eigenvalue weighted by molar-refractivity contribution is 0.0328. The molecule has 0 amide bonds. The summed E-state index contributed by atoms with van der Waals surface area (Å²) in [6.45, 7) is 0. The van der Waals surface area contributed by atoms with Gasteiger partial charge in [-0.05, 0) is 6.08 Å². The molecule has 1 aliphatic carbocycles. The lowest BCUT2D eigenvalue weighted by Crippen LogP contribution is -2.16. The number of hydrogen-bond donors (Lipinski definition) is 2. The van der Waals surface area contributed by atoms with Crippen molar-refractivity contribution < 1.29 is 14.9 Å². The Hall–Kier alpha value is -1.32. The standard InChI is InChI=1S/C10H8O3/c11-8-5-9-10(12,13-9)7-4-2-1-3-6(7)8/h1-5,9,11-12H. The van der Waals surface area contributed by atoms with E-state index in [2.05, 4.69) is 0 Å². The van der Waals surface area contributed by atoms with Crippen LogP contribution in [-0.2, 0) is 10.5 Å². The van der Waals surface area contributed by atoms with E-state index < -0.39 is 5.79 Å². The zero-order valence-electron chi connectivity index (χ0n) is 6.77. The fourth-order valence-corrected chi connectivity index (χ4v) is 1.78. The quantitative estimate of drug-likeness (QED) is 0.583. The van der Waals surface area contributed by atoms with Gasteiger partial charge >= 0.3 is 0 Å². The van der Waals surface area contributed by atoms with Gasteiger partial charge in [-0.2, -0.15) is 0 Å². The number of aliphatic hydroxyl groups excluding tert-OH is 1. The van der Waals surface area contributed by atoms with Crippen LogP contribution in [0.1, 0.15) is 11.1 Å². The van der Waals surface area contributed by atoms with E-state index in [-0.39, 0.29) is 11.9 Å². The largest absolute Gasteiger partial charge is 0.508 e. The minimum Gasteiger partial charge on any atom is -0.508 e. The molecule has 3 rings (SSSR count). The normalized spacial score (nSPS) is 34.5. The van der Waals surface area contributed by atoms with Crippen LogP contribution in [0, 0.1) is 0 Å². The van der Waals surface area contributed by atoms with Crippen molar-refractivity contribution in [3.8, 4) is 0 Å². The molecule has 0 saturated carbocycles. The van der Waals surface area contributed by atoms with Crippen molar-refractivity contribution in [1.82, 2.24) is 0 Å². The second-order valence-electron chi connectivity index (χ2n) is 3.33. The van der Waals surface area contributed by atoms with Gasteiger partial charge in [0.15, 0.2) is 0 Å². The van der Waals surface area contributed by atoms with E-state index in [0.717, 1.165) is 0 Å². The molecule has 66 valence electrons. The first-order valence-electron chi connectivity index (χ1n) is 4.13. The summed E-state index contributed by atoms with van der Waals surface area (Å²) in [4.78, 5) is 0. The molecule has 2 atom stereocenters. The molecule has 1 aromatic carbocycles. The lowest BCUT2D eigenvalue weighted by Gasteiger charge is -2.14. The zero-order valence-corrected chi connectivity index (χ0v) is 6.77. The highest BCUT2D eigenvalue weighted by molar-refractivity contribution is 5.68. The lowest BCUT2D eigenvalue weighted by atomic mass is 9.94. The Morgan fingerprint density at radius 3 is 2.92 bits per heavy atom. The van der Waals surface area contributed by atoms with Crippen LogP contribution in [-0.4, -0.2) is 16.3 Å². The van der Waals surface area contributed by atoms with Gasteiger partial charge < -0.3 is 14.9 Å². The van der Waals surface area contributed by atoms with Gasteiger partial charge in [0.1, 0.15) is 11.9 Å². The van der Waals surface area contributed by atoms with Crippen LogP contribution in [0.3, 0.4) is 0 Å². The van der Waals surface area contributed by atoms with Gasteiger partial charge in [-0.15, -0.1) is 0 Å². The van der Waals surface area contributed by atoms with Crippen LogP contribution in [0.4, 0.5) is 0 Å². The van der Waals surface area contributed by atoms with E-state index in [1.807, 2.05) is 12.1 Å². The molecule has 0 bridgehead atoms. The van der Waals surface area contributed by atoms with Crippen molar-refractivity contribution in [2.24, 2.45) is 0 Å². The molecule has 0 spiro atoms. The monoisotopic (exact) mass is 176 g/mol. The average Bonchev–Trinajstić information content (AvgIpc) is 2.79. The predicted molar refractivity (Wildman–Crippen MR) is 45.8 cm³/mol. The number of hydrogen-bond acceptors (Lipinski definition) is 3. The van der Waals surface area contributed by atoms with E-state index in [4.69, 9.17) is 4.74 Å². The fourth-order valence-electron chi connectivity index (χ4n) is 1.78. The maximum atomic E-state index is 9.84. The van der Waals surface area contributed by atoms with Gasteiger partial charge in [-0.1, -0.05) is 24.3 Å². The zero-order chi connectivity index (χ0) is 9.05. The molecule has 1 saturated heterocycles. The molecule has 13 heavy (non-hydrogen) atoms. The van der Waals surface area contributed by atoms with E-state index in [9.17, 15) is 10.2 Å². The minimum absolute atomic E-state index is 0.183. The summed E-state index contributed by atoms with van der Waals surface area (Å²) in [5.41, 5.74) is 1.30. The highest BCUT2D eigenvalue weighted by Gasteiger charge is 2.59. The summed E-state index contributed by atoms with van der Waals surface area (Å²) in [7, 11) is 0. The van der Waals surface area contributed by atoms with Crippen molar-refractivity contribution in [3.05, 3.63) is 41.5 Å². The number of fused-ring (bicyclic) bond motifs is 3. The van der Waals surface area contributed by atoms with Gasteiger partial charge in [0.2, 0.25) is 5.79 Å². The van der Waals surface area contributed by atoms with Crippen molar-refractivity contribution in [3.63, 3.8) is 0 Å². The van der Waals surface area contributed by atoms with E-state index >= 15 is 0 Å². The average molecular weight is 176 g/mol. The SMILES string of the molecule is OC1=CC2OC2(O)c2ccccc21. The summed E-state index contributed by atoms with van der Waals surface area (Å²) >= 11 is 0. The molecule has 3 heteroatoms. The first-order chi connectivity index (χ1) is 6.22. The summed E-state index contributed by atoms with van der Waals surface area (Å²) < 4.78 is 5.08. The highest BCUT2D eigenvalue weighted by Crippen LogP contribution is 2.50. The Bertz CT molecular complexity index is 410. The topological polar surface area (TPSA) is 53.0 Å². The number of epoxide rings is 1. The minimum atomic E-state index is -1.18. The Morgan fingerprint density at radius 1 is 1.31 bits per heavy atom. The molecule has 2 aliphatic rings. The number of benzene rings is 1. The third kappa shape index (κ3) is 0.753. The van der Waals surface area contributed by atoms with Gasteiger partial charge in [0.05, 0.1) is 0 Å². The maximum absolute atomic E-state index is 9.84. The van der Waals surface area contributed by atoms with Crippen LogP contribution in [0.5, 0.6) is 0 Å². The van der Waals surface area contributed by atoms with Crippen molar-refractivity contribution in [2.75, 3.05) is 0 Å². The second kappa shape index (κ2) is 1.95. The third-order valence-corrected chi connectivity index (χ3v) is 2.53. The van der Waals surface area contributed by atoms with Gasteiger partial charge in [-0.3, -0.25) is 0 Å². The van der Waals surface area contributed by atoms with Crippen molar-refractivity contribution in [1.29, 1.82) is 0 Å². The van der Waals surface area contributed by atoms with Crippen LogP contribution < -0.4 is 0 Å². The summed E-state index contributed by atoms with van der Waals surface area (Å²) in [6.07, 6.45) is 1.16. The van der Waals surface area contributed by atoms with Gasteiger partial charge in [0.25, 0.3) is 0 Å². The Kier molecular flexibility index (Phi) is 1.07. The number of aliphatic hydroxyl groups is 2. The molecule has 0 radical (unpaired) electrons. The Morgan fingerprint density at radius 2 is 2.08 bits per heavy atom. The fraction of sp³-hybridized carbons (Fsp3) is 0.200. The molecule has 1 aliphatic heterocycles. The van der Waals surface area contributed by atoms with Gasteiger partial charge in [0, 0.05) is 11.1 Å². The summed E-state index contributed by atoms with van der Waals surface area (Å²) in [6, 6.07) is 7.15. The molecular formula is C10H8O3. The number of rotatable bonds is 0. The second-order valence-corrected chi connectivity index (χ2v) is 3.33. The molecule has 2 N–H and O–H groups in total. The third-order valence-electron chi connectivity index (χ3n) is 2.53. The van der Waals surface area contributed by atoms with Crippen LogP contribution in [0.15, 0.2) is 30.3 Å². The molecule has 3 nitrogen and oxygen atoms in total. The molecular weight excluding hydrogens is 168 g/mol. The van der Waals surface area contributed by atoms with Crippen LogP contribution in [0.2, 0.25) is 0 Å². The Labute approximate surface area is 74.9 Å². The molecule has 1 fully saturated rings. The van der Waals surface area contributed by atoms with E-state index in [1.165, 1.54) is 6.08 Å². The number of ether oxygens (including phenoxy) is 1. The highest BCUT2D eigenvalue weighted by atomic mass is 16.7. The maximum Gasteiger partial charge on any atom is 0.225 e. The molecule has 0 aromatic heterocycles. The van der Waals surface area contributed by atoms with Gasteiger partial charge in [-0.25, -0.2) is 0 Å². The summed E-state index contributed by atoms with van der Waals surface area (Å²) in [5.74, 6) is -0.995. The van der Waals surface area contributed by atoms with Crippen molar-refractivity contribution in [2.45, 2.75) is 11.9 Å². The first kappa shape index (κ1) is 7.12. The molecule has 1 aromatic rings. The summed E-state index contributed by atoms with van der Waals surface area (Å²) in [5, 5.41) is 19.4. The van der Waals surface area contributed by atoms with Crippen LogP contribution >= 0.6 is 0 Å². The van der Waals surface area contributed by atoms with E-state index in [0.29, 0.717) is 11.1 Å². The Balaban J connectivity index is 2.29. The van der Waals surface area contributed by atoms with Crippen LogP contribution in [0.25, 0.3) is 5.76 Å². The van der Waals surface area contributed by atoms with E-state index in [1.54, 1.807) is 12.1 Å². The molecule has 2 unspecified atom stereocenters. The predicted octanol–water partition coefficient (Wildman–Crippen LogP) is 1.14. The first-order valence-corrected chi connectivity index (χ1v) is 4.13. The smallest absolute Gasteiger partial charge is 0.225 e. The molecule has 1 heterocycles.